The molecule has 0 unspecified atom stereocenters. The Kier molecular flexibility index (Phi) is 10.9. The first-order valence-corrected chi connectivity index (χ1v) is 16.1. The third-order valence-electron chi connectivity index (χ3n) is 7.60. The normalized spacial score (nSPS) is 12.6. The summed E-state index contributed by atoms with van der Waals surface area (Å²) in [6, 6.07) is 28.7. The molecule has 0 radical (unpaired) electrons. The van der Waals surface area contributed by atoms with E-state index >= 15 is 0 Å². The van der Waals surface area contributed by atoms with Crippen molar-refractivity contribution in [1.82, 2.24) is 10.2 Å². The second-order valence-corrected chi connectivity index (χ2v) is 12.6. The van der Waals surface area contributed by atoms with Crippen LogP contribution in [0.25, 0.3) is 0 Å². The first-order chi connectivity index (χ1) is 21.1. The van der Waals surface area contributed by atoms with Crippen LogP contribution in [0, 0.1) is 12.7 Å². The zero-order valence-electron chi connectivity index (χ0n) is 25.2. The van der Waals surface area contributed by atoms with Crippen molar-refractivity contribution >= 4 is 27.5 Å². The van der Waals surface area contributed by atoms with Gasteiger partial charge in [0.2, 0.25) is 11.8 Å². The molecule has 2 amide bonds. The van der Waals surface area contributed by atoms with E-state index < -0.39 is 34.3 Å². The lowest BCUT2D eigenvalue weighted by atomic mass is 10.0. The highest BCUT2D eigenvalue weighted by Gasteiger charge is 2.35. The quantitative estimate of drug-likeness (QED) is 0.203. The Labute approximate surface area is 259 Å². The van der Waals surface area contributed by atoms with Crippen LogP contribution in [0.3, 0.4) is 0 Å². The van der Waals surface area contributed by atoms with E-state index in [2.05, 4.69) is 5.32 Å². The molecule has 7 nitrogen and oxygen atoms in total. The van der Waals surface area contributed by atoms with Gasteiger partial charge in [-0.2, -0.15) is 0 Å². The number of aryl methyl sites for hydroxylation is 1. The van der Waals surface area contributed by atoms with Gasteiger partial charge in [0.25, 0.3) is 10.0 Å². The molecule has 0 aromatic heterocycles. The van der Waals surface area contributed by atoms with Crippen LogP contribution in [-0.4, -0.2) is 43.8 Å². The Hall–Kier alpha value is -4.50. The summed E-state index contributed by atoms with van der Waals surface area (Å²) in [5.74, 6) is -1.45. The molecule has 0 heterocycles. The Morgan fingerprint density at radius 1 is 0.841 bits per heavy atom. The largest absolute Gasteiger partial charge is 0.352 e. The summed E-state index contributed by atoms with van der Waals surface area (Å²) >= 11 is 0. The number of sulfonamides is 1. The first-order valence-electron chi connectivity index (χ1n) is 14.6. The third-order valence-corrected chi connectivity index (χ3v) is 9.39. The molecule has 0 aliphatic carbocycles. The molecule has 0 saturated carbocycles. The van der Waals surface area contributed by atoms with Gasteiger partial charge in [-0.05, 0) is 73.4 Å². The highest BCUT2D eigenvalue weighted by atomic mass is 32.2. The van der Waals surface area contributed by atoms with Crippen molar-refractivity contribution in [2.45, 2.75) is 57.1 Å². The predicted molar refractivity (Wildman–Crippen MR) is 171 cm³/mol. The molecule has 2 atom stereocenters. The summed E-state index contributed by atoms with van der Waals surface area (Å²) < 4.78 is 42.6. The zero-order valence-corrected chi connectivity index (χ0v) is 26.0. The van der Waals surface area contributed by atoms with Crippen LogP contribution in [0.1, 0.15) is 37.0 Å². The van der Waals surface area contributed by atoms with Gasteiger partial charge in [-0.3, -0.25) is 13.9 Å². The molecular weight excluding hydrogens is 577 g/mol. The fourth-order valence-electron chi connectivity index (χ4n) is 4.82. The molecule has 4 aromatic rings. The number of nitrogens with one attached hydrogen (secondary N) is 1. The molecule has 44 heavy (non-hydrogen) atoms. The van der Waals surface area contributed by atoms with Gasteiger partial charge in [0.15, 0.2) is 0 Å². The van der Waals surface area contributed by atoms with Gasteiger partial charge < -0.3 is 10.2 Å². The summed E-state index contributed by atoms with van der Waals surface area (Å²) in [6.07, 6.45) is 0.935. The van der Waals surface area contributed by atoms with Crippen LogP contribution >= 0.6 is 0 Å². The molecule has 1 N–H and O–H groups in total. The lowest BCUT2D eigenvalue weighted by Gasteiger charge is -2.34. The minimum Gasteiger partial charge on any atom is -0.352 e. The number of halogens is 1. The number of hydrogen-bond donors (Lipinski definition) is 1. The second-order valence-electron chi connectivity index (χ2n) is 10.8. The monoisotopic (exact) mass is 615 g/mol. The van der Waals surface area contributed by atoms with Gasteiger partial charge in [0, 0.05) is 19.0 Å². The highest BCUT2D eigenvalue weighted by molar-refractivity contribution is 7.92. The maximum Gasteiger partial charge on any atom is 0.264 e. The van der Waals surface area contributed by atoms with Gasteiger partial charge >= 0.3 is 0 Å². The van der Waals surface area contributed by atoms with E-state index in [1.807, 2.05) is 75.4 Å². The lowest BCUT2D eigenvalue weighted by molar-refractivity contribution is -0.140. The predicted octanol–water partition coefficient (Wildman–Crippen LogP) is 5.88. The Morgan fingerprint density at radius 2 is 1.43 bits per heavy atom. The van der Waals surface area contributed by atoms with Crippen LogP contribution in [0.5, 0.6) is 0 Å². The van der Waals surface area contributed by atoms with Crippen molar-refractivity contribution in [2.75, 3.05) is 10.8 Å². The van der Waals surface area contributed by atoms with Crippen molar-refractivity contribution in [3.63, 3.8) is 0 Å². The van der Waals surface area contributed by atoms with E-state index in [-0.39, 0.29) is 35.5 Å². The first kappa shape index (κ1) is 32.4. The number of benzene rings is 4. The molecule has 0 saturated heterocycles. The molecule has 0 aliphatic rings. The maximum absolute atomic E-state index is 14.4. The summed E-state index contributed by atoms with van der Waals surface area (Å²) in [6.45, 7) is 5.31. The molecule has 0 bridgehead atoms. The third kappa shape index (κ3) is 8.11. The Bertz CT molecular complexity index is 1650. The number of carbonyl (C=O) groups excluding carboxylic acids is 2. The molecule has 0 fully saturated rings. The highest BCUT2D eigenvalue weighted by Crippen LogP contribution is 2.25. The van der Waals surface area contributed by atoms with Gasteiger partial charge in [-0.25, -0.2) is 12.8 Å². The number of nitrogens with zero attached hydrogens (tertiary/aromatic N) is 2. The van der Waals surface area contributed by atoms with Gasteiger partial charge in [0.1, 0.15) is 18.4 Å². The number of amides is 2. The minimum absolute atomic E-state index is 0.0934. The number of para-hydroxylation sites is 1. The summed E-state index contributed by atoms with van der Waals surface area (Å²) in [5.41, 5.74) is 2.90. The van der Waals surface area contributed by atoms with Crippen molar-refractivity contribution in [3.8, 4) is 0 Å². The van der Waals surface area contributed by atoms with E-state index in [4.69, 9.17) is 0 Å². The Morgan fingerprint density at radius 3 is 2.05 bits per heavy atom. The van der Waals surface area contributed by atoms with Gasteiger partial charge in [-0.15, -0.1) is 0 Å². The fraction of sp³-hybridized carbons (Fsp3) is 0.257. The standard InChI is InChI=1S/C35H38FN3O4S/c1-4-27(3)37-35(41)33(23-28-14-7-5-8-15-28)38(24-29-16-12-11-13-26(29)2)34(40)25-39(31-17-9-6-10-18-31)44(42,43)32-21-19-30(36)20-22-32/h5-22,27,33H,4,23-25H2,1-3H3,(H,37,41)/t27-,33+/m0/s1. The smallest absolute Gasteiger partial charge is 0.264 e. The lowest BCUT2D eigenvalue weighted by Crippen LogP contribution is -2.54. The van der Waals surface area contributed by atoms with Crippen LogP contribution in [0.2, 0.25) is 0 Å². The van der Waals surface area contributed by atoms with Crippen molar-refractivity contribution in [2.24, 2.45) is 0 Å². The number of hydrogen-bond acceptors (Lipinski definition) is 4. The number of anilines is 1. The fourth-order valence-corrected chi connectivity index (χ4v) is 6.24. The molecule has 4 aromatic carbocycles. The van der Waals surface area contributed by atoms with Crippen LogP contribution in [0.15, 0.2) is 114 Å². The molecule has 0 aliphatic heterocycles. The Balaban J connectivity index is 1.80. The molecule has 9 heteroatoms. The zero-order chi connectivity index (χ0) is 31.7. The molecule has 230 valence electrons. The van der Waals surface area contributed by atoms with E-state index in [0.717, 1.165) is 33.1 Å². The van der Waals surface area contributed by atoms with Crippen molar-refractivity contribution in [3.05, 3.63) is 132 Å². The molecule has 4 rings (SSSR count). The average molecular weight is 616 g/mol. The van der Waals surface area contributed by atoms with Crippen molar-refractivity contribution < 1.29 is 22.4 Å². The maximum atomic E-state index is 14.4. The summed E-state index contributed by atoms with van der Waals surface area (Å²) in [4.78, 5) is 29.6. The van der Waals surface area contributed by atoms with E-state index in [1.165, 1.54) is 17.0 Å². The van der Waals surface area contributed by atoms with E-state index in [0.29, 0.717) is 6.42 Å². The SMILES string of the molecule is CC[C@H](C)NC(=O)[C@@H](Cc1ccccc1)N(Cc1ccccc1C)C(=O)CN(c1ccccc1)S(=O)(=O)c1ccc(F)cc1. The van der Waals surface area contributed by atoms with Crippen molar-refractivity contribution in [1.29, 1.82) is 0 Å². The van der Waals surface area contributed by atoms with Gasteiger partial charge in [-0.1, -0.05) is 79.7 Å². The minimum atomic E-state index is -4.29. The van der Waals surface area contributed by atoms with Crippen LogP contribution in [0.4, 0.5) is 10.1 Å². The van der Waals surface area contributed by atoms with Gasteiger partial charge in [0.05, 0.1) is 10.6 Å². The van der Waals surface area contributed by atoms with E-state index in [1.54, 1.807) is 30.3 Å². The summed E-state index contributed by atoms with van der Waals surface area (Å²) in [7, 11) is -4.29. The average Bonchev–Trinajstić information content (AvgIpc) is 3.03. The van der Waals surface area contributed by atoms with Crippen LogP contribution < -0.4 is 9.62 Å². The molecular formula is C35H38FN3O4S. The molecule has 0 spiro atoms. The van der Waals surface area contributed by atoms with E-state index in [9.17, 15) is 22.4 Å². The topological polar surface area (TPSA) is 86.8 Å². The number of rotatable bonds is 13. The second kappa shape index (κ2) is 14.8. The summed E-state index contributed by atoms with van der Waals surface area (Å²) in [5, 5.41) is 3.03. The number of carbonyl (C=O) groups is 2. The van der Waals surface area contributed by atoms with Crippen LogP contribution in [-0.2, 0) is 32.6 Å².